The van der Waals surface area contributed by atoms with Gasteiger partial charge >= 0.3 is 0 Å². The van der Waals surface area contributed by atoms with Crippen LogP contribution in [0.5, 0.6) is 11.5 Å². The maximum absolute atomic E-state index is 13.3. The van der Waals surface area contributed by atoms with Crippen molar-refractivity contribution in [2.75, 3.05) is 12.4 Å². The van der Waals surface area contributed by atoms with Crippen LogP contribution in [0.3, 0.4) is 0 Å². The van der Waals surface area contributed by atoms with E-state index in [0.29, 0.717) is 22.5 Å². The van der Waals surface area contributed by atoms with E-state index >= 15 is 0 Å². The standard InChI is InChI=1S/C23H19N3O4/c1-30-18-12-6-5-11-17(18)25-22(28)19-20(27)16-10-7-13-24-21(16)26(23(19)29)14-15-8-3-2-4-9-15/h2-13,27H,14H2,1H3,(H,25,28). The molecule has 0 aliphatic heterocycles. The highest BCUT2D eigenvalue weighted by molar-refractivity contribution is 6.09. The Kier molecular flexibility index (Phi) is 5.17. The number of hydrogen-bond acceptors (Lipinski definition) is 5. The molecule has 0 spiro atoms. The largest absolute Gasteiger partial charge is 0.506 e. The topological polar surface area (TPSA) is 93.4 Å². The molecule has 0 saturated heterocycles. The Bertz CT molecular complexity index is 1280. The molecule has 2 heterocycles. The van der Waals surface area contributed by atoms with Crippen molar-refractivity contribution in [3.8, 4) is 11.5 Å². The fourth-order valence-corrected chi connectivity index (χ4v) is 3.31. The first-order chi connectivity index (χ1) is 14.6. The maximum atomic E-state index is 13.3. The molecule has 7 nitrogen and oxygen atoms in total. The Morgan fingerprint density at radius 1 is 1.07 bits per heavy atom. The molecular formula is C23H19N3O4. The van der Waals surface area contributed by atoms with E-state index in [1.54, 1.807) is 36.4 Å². The van der Waals surface area contributed by atoms with E-state index < -0.39 is 17.2 Å². The van der Waals surface area contributed by atoms with E-state index in [1.807, 2.05) is 30.3 Å². The zero-order valence-corrected chi connectivity index (χ0v) is 16.2. The molecule has 0 aliphatic rings. The predicted octanol–water partition coefficient (Wildman–Crippen LogP) is 3.41. The molecule has 0 saturated carbocycles. The van der Waals surface area contributed by atoms with E-state index in [0.717, 1.165) is 5.56 Å². The minimum Gasteiger partial charge on any atom is -0.506 e. The summed E-state index contributed by atoms with van der Waals surface area (Å²) in [6.45, 7) is 0.211. The minimum absolute atomic E-state index is 0.211. The first-order valence-electron chi connectivity index (χ1n) is 9.29. The fraction of sp³-hybridized carbons (Fsp3) is 0.0870. The number of aromatic nitrogens is 2. The van der Waals surface area contributed by atoms with Crippen LogP contribution in [0.1, 0.15) is 15.9 Å². The molecule has 30 heavy (non-hydrogen) atoms. The van der Waals surface area contributed by atoms with Gasteiger partial charge < -0.3 is 15.2 Å². The van der Waals surface area contributed by atoms with Crippen LogP contribution in [0.4, 0.5) is 5.69 Å². The summed E-state index contributed by atoms with van der Waals surface area (Å²) in [5.74, 6) is -0.688. The van der Waals surface area contributed by atoms with Gasteiger partial charge in [0.2, 0.25) is 0 Å². The monoisotopic (exact) mass is 401 g/mol. The highest BCUT2D eigenvalue weighted by atomic mass is 16.5. The van der Waals surface area contributed by atoms with Crippen molar-refractivity contribution in [2.24, 2.45) is 0 Å². The molecule has 1 amide bonds. The molecule has 0 bridgehead atoms. The Morgan fingerprint density at radius 3 is 2.57 bits per heavy atom. The lowest BCUT2D eigenvalue weighted by molar-refractivity contribution is 0.102. The Morgan fingerprint density at radius 2 is 1.80 bits per heavy atom. The number of ether oxygens (including phenoxy) is 1. The number of nitrogens with one attached hydrogen (secondary N) is 1. The number of para-hydroxylation sites is 2. The van der Waals surface area contributed by atoms with Gasteiger partial charge in [0.25, 0.3) is 11.5 Å². The van der Waals surface area contributed by atoms with E-state index in [1.165, 1.54) is 17.9 Å². The van der Waals surface area contributed by atoms with Gasteiger partial charge in [-0.3, -0.25) is 14.2 Å². The number of rotatable bonds is 5. The zero-order valence-electron chi connectivity index (χ0n) is 16.2. The summed E-state index contributed by atoms with van der Waals surface area (Å²) in [5, 5.41) is 13.7. The van der Waals surface area contributed by atoms with Crippen molar-refractivity contribution in [3.63, 3.8) is 0 Å². The lowest BCUT2D eigenvalue weighted by atomic mass is 10.1. The zero-order chi connectivity index (χ0) is 21.1. The number of hydrogen-bond donors (Lipinski definition) is 2. The summed E-state index contributed by atoms with van der Waals surface area (Å²) in [6.07, 6.45) is 1.54. The average molecular weight is 401 g/mol. The molecule has 0 aliphatic carbocycles. The maximum Gasteiger partial charge on any atom is 0.269 e. The van der Waals surface area contributed by atoms with Gasteiger partial charge in [-0.2, -0.15) is 0 Å². The first-order valence-corrected chi connectivity index (χ1v) is 9.29. The van der Waals surface area contributed by atoms with Crippen LogP contribution in [-0.2, 0) is 6.54 Å². The molecule has 4 aromatic rings. The number of carbonyl (C=O) groups excluding carboxylic acids is 1. The van der Waals surface area contributed by atoms with Gasteiger partial charge in [-0.15, -0.1) is 0 Å². The number of nitrogens with zero attached hydrogens (tertiary/aromatic N) is 2. The quantitative estimate of drug-likeness (QED) is 0.535. The summed E-state index contributed by atoms with van der Waals surface area (Å²) in [7, 11) is 1.48. The van der Waals surface area contributed by atoms with Crippen LogP contribution in [0.2, 0.25) is 0 Å². The van der Waals surface area contributed by atoms with Crippen molar-refractivity contribution >= 4 is 22.6 Å². The average Bonchev–Trinajstić information content (AvgIpc) is 2.78. The Hall–Kier alpha value is -4.13. The number of fused-ring (bicyclic) bond motifs is 1. The lowest BCUT2D eigenvalue weighted by Crippen LogP contribution is -2.30. The van der Waals surface area contributed by atoms with E-state index in [9.17, 15) is 14.7 Å². The summed E-state index contributed by atoms with van der Waals surface area (Å²) in [4.78, 5) is 30.5. The third-order valence-electron chi connectivity index (χ3n) is 4.76. The van der Waals surface area contributed by atoms with Crippen molar-refractivity contribution in [2.45, 2.75) is 6.54 Å². The van der Waals surface area contributed by atoms with Gasteiger partial charge in [-0.25, -0.2) is 4.98 Å². The highest BCUT2D eigenvalue weighted by Crippen LogP contribution is 2.28. The van der Waals surface area contributed by atoms with Crippen molar-refractivity contribution < 1.29 is 14.6 Å². The fourth-order valence-electron chi connectivity index (χ4n) is 3.31. The molecule has 4 rings (SSSR count). The molecule has 150 valence electrons. The SMILES string of the molecule is COc1ccccc1NC(=O)c1c(O)c2cccnc2n(Cc2ccccc2)c1=O. The third kappa shape index (κ3) is 3.48. The van der Waals surface area contributed by atoms with Crippen LogP contribution in [0.25, 0.3) is 11.0 Å². The van der Waals surface area contributed by atoms with Crippen LogP contribution < -0.4 is 15.6 Å². The number of anilines is 1. The number of carbonyl (C=O) groups is 1. The van der Waals surface area contributed by atoms with Gasteiger partial charge in [0.15, 0.2) is 0 Å². The highest BCUT2D eigenvalue weighted by Gasteiger charge is 2.23. The smallest absolute Gasteiger partial charge is 0.269 e. The number of amides is 1. The molecule has 0 fully saturated rings. The molecule has 0 unspecified atom stereocenters. The second-order valence-corrected chi connectivity index (χ2v) is 6.63. The Labute approximate surface area is 172 Å². The molecular weight excluding hydrogens is 382 g/mol. The predicted molar refractivity (Wildman–Crippen MR) is 114 cm³/mol. The molecule has 0 atom stereocenters. The van der Waals surface area contributed by atoms with Crippen molar-refractivity contribution in [1.82, 2.24) is 9.55 Å². The first kappa shape index (κ1) is 19.2. The van der Waals surface area contributed by atoms with Gasteiger partial charge in [0, 0.05) is 6.20 Å². The summed E-state index contributed by atoms with van der Waals surface area (Å²) < 4.78 is 6.64. The molecule has 0 radical (unpaired) electrons. The van der Waals surface area contributed by atoms with Crippen LogP contribution in [0, 0.1) is 0 Å². The molecule has 7 heteroatoms. The summed E-state index contributed by atoms with van der Waals surface area (Å²) in [5.41, 5.74) is 0.586. The number of pyridine rings is 2. The number of aromatic hydroxyl groups is 1. The normalized spacial score (nSPS) is 10.7. The summed E-state index contributed by atoms with van der Waals surface area (Å²) in [6, 6.07) is 19.5. The number of benzene rings is 2. The number of methoxy groups -OCH3 is 1. The summed E-state index contributed by atoms with van der Waals surface area (Å²) >= 11 is 0. The van der Waals surface area contributed by atoms with Crippen LogP contribution in [-0.4, -0.2) is 27.7 Å². The van der Waals surface area contributed by atoms with Crippen molar-refractivity contribution in [3.05, 3.63) is 94.4 Å². The van der Waals surface area contributed by atoms with Gasteiger partial charge in [0.05, 0.1) is 24.7 Å². The minimum atomic E-state index is -0.727. The van der Waals surface area contributed by atoms with E-state index in [4.69, 9.17) is 4.74 Å². The van der Waals surface area contributed by atoms with Crippen LogP contribution >= 0.6 is 0 Å². The van der Waals surface area contributed by atoms with Gasteiger partial charge in [0.1, 0.15) is 22.7 Å². The molecule has 2 N–H and O–H groups in total. The molecule has 2 aromatic heterocycles. The second-order valence-electron chi connectivity index (χ2n) is 6.63. The second kappa shape index (κ2) is 8.08. The van der Waals surface area contributed by atoms with E-state index in [-0.39, 0.29) is 12.1 Å². The van der Waals surface area contributed by atoms with Crippen LogP contribution in [0.15, 0.2) is 77.7 Å². The third-order valence-corrected chi connectivity index (χ3v) is 4.76. The Balaban J connectivity index is 1.85. The van der Waals surface area contributed by atoms with Crippen molar-refractivity contribution in [1.29, 1.82) is 0 Å². The van der Waals surface area contributed by atoms with Gasteiger partial charge in [-0.1, -0.05) is 42.5 Å². The van der Waals surface area contributed by atoms with Gasteiger partial charge in [-0.05, 0) is 29.8 Å². The molecule has 2 aromatic carbocycles. The van der Waals surface area contributed by atoms with E-state index in [2.05, 4.69) is 10.3 Å². The lowest BCUT2D eigenvalue weighted by Gasteiger charge is -2.15.